The molecule has 1 fully saturated rings. The fourth-order valence-electron chi connectivity index (χ4n) is 4.25. The summed E-state index contributed by atoms with van der Waals surface area (Å²) >= 11 is 0. The average Bonchev–Trinajstić information content (AvgIpc) is 3.03. The van der Waals surface area contributed by atoms with Crippen molar-refractivity contribution >= 4 is 11.9 Å². The highest BCUT2D eigenvalue weighted by atomic mass is 16.4. The highest BCUT2D eigenvalue weighted by molar-refractivity contribution is 5.94. The largest absolute Gasteiger partial charge is 0.481 e. The van der Waals surface area contributed by atoms with Crippen molar-refractivity contribution in [3.05, 3.63) is 33.2 Å². The molecule has 0 unspecified atom stereocenters. The third-order valence-corrected chi connectivity index (χ3v) is 5.80. The summed E-state index contributed by atoms with van der Waals surface area (Å²) in [6, 6.07) is 1.75. The Balaban J connectivity index is 1.93. The number of aromatic nitrogens is 1. The number of carboxylic acid groups (broad SMARTS) is 1. The van der Waals surface area contributed by atoms with Crippen LogP contribution in [0, 0.1) is 17.8 Å². The zero-order chi connectivity index (χ0) is 18.3. The Morgan fingerprint density at radius 2 is 1.88 bits per heavy atom. The van der Waals surface area contributed by atoms with E-state index < -0.39 is 11.9 Å². The van der Waals surface area contributed by atoms with Gasteiger partial charge in [-0.15, -0.1) is 0 Å². The third kappa shape index (κ3) is 3.10. The van der Waals surface area contributed by atoms with Gasteiger partial charge in [-0.2, -0.15) is 0 Å². The van der Waals surface area contributed by atoms with Crippen LogP contribution in [0.3, 0.4) is 0 Å². The number of aryl methyl sites for hydroxylation is 1. The number of hydrogen-bond acceptors (Lipinski definition) is 3. The number of likely N-dealkylation sites (tertiary alicyclic amines) is 1. The Morgan fingerprint density at radius 1 is 1.20 bits per heavy atom. The Hall–Kier alpha value is -2.11. The number of carbonyl (C=O) groups excluding carboxylic acids is 1. The highest BCUT2D eigenvalue weighted by Crippen LogP contribution is 2.31. The quantitative estimate of drug-likeness (QED) is 0.903. The summed E-state index contributed by atoms with van der Waals surface area (Å²) in [7, 11) is 1.73. The van der Waals surface area contributed by atoms with E-state index in [1.165, 1.54) is 0 Å². The molecule has 1 amide bonds. The van der Waals surface area contributed by atoms with Gasteiger partial charge in [-0.1, -0.05) is 13.8 Å². The van der Waals surface area contributed by atoms with Gasteiger partial charge in [-0.3, -0.25) is 14.4 Å². The number of hydrogen-bond donors (Lipinski definition) is 1. The van der Waals surface area contributed by atoms with E-state index in [4.69, 9.17) is 0 Å². The van der Waals surface area contributed by atoms with Crippen LogP contribution in [0.25, 0.3) is 0 Å². The number of aliphatic carboxylic acids is 1. The molecule has 0 aromatic carbocycles. The first-order valence-electron chi connectivity index (χ1n) is 9.05. The molecule has 2 heterocycles. The number of fused-ring (bicyclic) bond motifs is 1. The molecule has 25 heavy (non-hydrogen) atoms. The Kier molecular flexibility index (Phi) is 4.71. The van der Waals surface area contributed by atoms with Gasteiger partial charge in [0.15, 0.2) is 0 Å². The van der Waals surface area contributed by atoms with E-state index >= 15 is 0 Å². The van der Waals surface area contributed by atoms with Crippen LogP contribution >= 0.6 is 0 Å². The predicted molar refractivity (Wildman–Crippen MR) is 93.7 cm³/mol. The van der Waals surface area contributed by atoms with Crippen LogP contribution in [0.1, 0.15) is 48.3 Å². The molecule has 1 aromatic rings. The normalized spacial score (nSPS) is 23.0. The molecule has 0 spiro atoms. The second-order valence-electron chi connectivity index (χ2n) is 7.66. The van der Waals surface area contributed by atoms with Crippen molar-refractivity contribution in [2.45, 2.75) is 39.5 Å². The maximum atomic E-state index is 13.0. The lowest BCUT2D eigenvalue weighted by molar-refractivity contribution is -0.142. The summed E-state index contributed by atoms with van der Waals surface area (Å²) < 4.78 is 1.60. The Morgan fingerprint density at radius 3 is 2.48 bits per heavy atom. The van der Waals surface area contributed by atoms with Crippen LogP contribution in [-0.2, 0) is 24.7 Å². The van der Waals surface area contributed by atoms with Crippen molar-refractivity contribution in [1.29, 1.82) is 0 Å². The summed E-state index contributed by atoms with van der Waals surface area (Å²) in [5.74, 6) is -1.67. The lowest BCUT2D eigenvalue weighted by atomic mass is 9.86. The van der Waals surface area contributed by atoms with Crippen LogP contribution in [0.4, 0.5) is 0 Å². The van der Waals surface area contributed by atoms with E-state index in [0.717, 1.165) is 36.9 Å². The van der Waals surface area contributed by atoms with Crippen LogP contribution in [0.5, 0.6) is 0 Å². The van der Waals surface area contributed by atoms with Gasteiger partial charge in [0.1, 0.15) is 5.56 Å². The van der Waals surface area contributed by atoms with Crippen molar-refractivity contribution in [2.75, 3.05) is 13.1 Å². The number of carbonyl (C=O) groups is 2. The van der Waals surface area contributed by atoms with Gasteiger partial charge in [0.2, 0.25) is 0 Å². The van der Waals surface area contributed by atoms with E-state index in [2.05, 4.69) is 0 Å². The summed E-state index contributed by atoms with van der Waals surface area (Å²) in [6.07, 6.45) is 3.89. The average molecular weight is 346 g/mol. The smallest absolute Gasteiger partial charge is 0.308 e. The second kappa shape index (κ2) is 6.65. The molecule has 6 heteroatoms. The molecule has 1 aliphatic carbocycles. The van der Waals surface area contributed by atoms with Crippen molar-refractivity contribution in [3.63, 3.8) is 0 Å². The van der Waals surface area contributed by atoms with Crippen LogP contribution in [0.2, 0.25) is 0 Å². The van der Waals surface area contributed by atoms with E-state index in [1.807, 2.05) is 13.8 Å². The number of nitrogens with zero attached hydrogens (tertiary/aromatic N) is 2. The predicted octanol–water partition coefficient (Wildman–Crippen LogP) is 1.69. The van der Waals surface area contributed by atoms with Gasteiger partial charge in [0, 0.05) is 25.8 Å². The van der Waals surface area contributed by atoms with Gasteiger partial charge in [0.05, 0.1) is 5.92 Å². The molecular weight excluding hydrogens is 320 g/mol. The van der Waals surface area contributed by atoms with Crippen LogP contribution < -0.4 is 5.56 Å². The lowest BCUT2D eigenvalue weighted by Gasteiger charge is -2.22. The molecule has 1 aromatic heterocycles. The standard InChI is InChI=1S/C19H26N2O4/c1-11(2)14-9-21(10-15(14)19(24)25)18(23)13-8-12-6-4-5-7-16(12)20(3)17(13)22/h8,11,14-15H,4-7,9-10H2,1-3H3,(H,24,25)/t14-,15+/m0/s1. The summed E-state index contributed by atoms with van der Waals surface area (Å²) in [5, 5.41) is 9.46. The monoisotopic (exact) mass is 346 g/mol. The summed E-state index contributed by atoms with van der Waals surface area (Å²) in [5.41, 5.74) is 2.01. The van der Waals surface area contributed by atoms with Gasteiger partial charge in [0.25, 0.3) is 11.5 Å². The molecule has 136 valence electrons. The number of amides is 1. The molecule has 0 saturated carbocycles. The molecule has 2 aliphatic rings. The van der Waals surface area contributed by atoms with Crippen molar-refractivity contribution in [2.24, 2.45) is 24.8 Å². The Bertz CT molecular complexity index is 765. The summed E-state index contributed by atoms with van der Waals surface area (Å²) in [6.45, 7) is 4.53. The number of carboxylic acids is 1. The third-order valence-electron chi connectivity index (χ3n) is 5.80. The van der Waals surface area contributed by atoms with Gasteiger partial charge >= 0.3 is 5.97 Å². The van der Waals surface area contributed by atoms with E-state index in [1.54, 1.807) is 22.6 Å². The molecule has 1 saturated heterocycles. The molecule has 3 rings (SSSR count). The second-order valence-corrected chi connectivity index (χ2v) is 7.66. The number of rotatable bonds is 3. The van der Waals surface area contributed by atoms with Gasteiger partial charge < -0.3 is 14.6 Å². The zero-order valence-corrected chi connectivity index (χ0v) is 15.1. The topological polar surface area (TPSA) is 79.6 Å². The minimum atomic E-state index is -0.868. The highest BCUT2D eigenvalue weighted by Gasteiger charge is 2.41. The molecular formula is C19H26N2O4. The van der Waals surface area contributed by atoms with Crippen molar-refractivity contribution in [3.8, 4) is 0 Å². The zero-order valence-electron chi connectivity index (χ0n) is 15.1. The molecule has 6 nitrogen and oxygen atoms in total. The van der Waals surface area contributed by atoms with Crippen molar-refractivity contribution < 1.29 is 14.7 Å². The molecule has 0 bridgehead atoms. The van der Waals surface area contributed by atoms with Crippen LogP contribution in [-0.4, -0.2) is 39.5 Å². The first-order chi connectivity index (χ1) is 11.8. The minimum Gasteiger partial charge on any atom is -0.481 e. The first kappa shape index (κ1) is 17.7. The summed E-state index contributed by atoms with van der Waals surface area (Å²) in [4.78, 5) is 38.7. The van der Waals surface area contributed by atoms with E-state index in [-0.39, 0.29) is 35.4 Å². The fourth-order valence-corrected chi connectivity index (χ4v) is 4.25. The minimum absolute atomic E-state index is 0.0806. The van der Waals surface area contributed by atoms with E-state index in [9.17, 15) is 19.5 Å². The lowest BCUT2D eigenvalue weighted by Crippen LogP contribution is -2.37. The molecule has 1 aliphatic heterocycles. The first-order valence-corrected chi connectivity index (χ1v) is 9.05. The molecule has 2 atom stereocenters. The van der Waals surface area contributed by atoms with E-state index in [0.29, 0.717) is 6.54 Å². The van der Waals surface area contributed by atoms with Gasteiger partial charge in [-0.05, 0) is 49.1 Å². The fraction of sp³-hybridized carbons (Fsp3) is 0.632. The molecule has 1 N–H and O–H groups in total. The van der Waals surface area contributed by atoms with Crippen molar-refractivity contribution in [1.82, 2.24) is 9.47 Å². The maximum absolute atomic E-state index is 13.0. The van der Waals surface area contributed by atoms with Crippen LogP contribution in [0.15, 0.2) is 10.9 Å². The van der Waals surface area contributed by atoms with Gasteiger partial charge in [-0.25, -0.2) is 0 Å². The SMILES string of the molecule is CC(C)[C@@H]1CN(C(=O)c2cc3c(n(C)c2=O)CCCC3)C[C@H]1C(=O)O. The number of pyridine rings is 1. The molecule has 0 radical (unpaired) electrons. The maximum Gasteiger partial charge on any atom is 0.308 e. The Labute approximate surface area is 147 Å².